The van der Waals surface area contributed by atoms with Crippen LogP contribution < -0.4 is 5.73 Å². The Bertz CT molecular complexity index is 150. The highest BCUT2D eigenvalue weighted by Gasteiger charge is 1.80. The van der Waals surface area contributed by atoms with Crippen LogP contribution in [0.5, 0.6) is 0 Å². The third kappa shape index (κ3) is 1.07. The normalized spacial score (nSPS) is 9.12. The van der Waals surface area contributed by atoms with Crippen molar-refractivity contribution < 1.29 is 1.43 Å². The Morgan fingerprint density at radius 3 is 2.25 bits per heavy atom. The molecule has 44 valence electrons. The van der Waals surface area contributed by atoms with Gasteiger partial charge in [-0.2, -0.15) is 0 Å². The maximum absolute atomic E-state index is 5.35. The van der Waals surface area contributed by atoms with E-state index in [1.54, 1.807) is 0 Å². The van der Waals surface area contributed by atoms with Crippen molar-refractivity contribution in [3.05, 3.63) is 35.9 Å². The lowest BCUT2D eigenvalue weighted by Gasteiger charge is -1.90. The van der Waals surface area contributed by atoms with Crippen LogP contribution in [0.15, 0.2) is 30.3 Å². The molecule has 0 atom stereocenters. The minimum absolute atomic E-state index is 0. The van der Waals surface area contributed by atoms with E-state index in [1.165, 1.54) is 5.56 Å². The summed E-state index contributed by atoms with van der Waals surface area (Å²) < 4.78 is 0. The smallest absolute Gasteiger partial charge is 0.0178 e. The maximum Gasteiger partial charge on any atom is 0.0178 e. The molecule has 0 unspecified atom stereocenters. The lowest BCUT2D eigenvalue weighted by atomic mass is 10.2. The highest BCUT2D eigenvalue weighted by Crippen LogP contribution is 1.94. The average Bonchev–Trinajstić information content (AvgIpc) is 1.90. The number of nitrogens with two attached hydrogens (primary N) is 1. The van der Waals surface area contributed by atoms with E-state index < -0.39 is 0 Å². The summed E-state index contributed by atoms with van der Waals surface area (Å²) >= 11 is 0. The summed E-state index contributed by atoms with van der Waals surface area (Å²) in [5.41, 5.74) is 6.54. The van der Waals surface area contributed by atoms with Gasteiger partial charge in [0, 0.05) is 7.97 Å². The fourth-order valence-corrected chi connectivity index (χ4v) is 0.614. The van der Waals surface area contributed by atoms with Crippen molar-refractivity contribution in [1.82, 2.24) is 0 Å². The second-order valence-corrected chi connectivity index (χ2v) is 1.69. The van der Waals surface area contributed by atoms with Crippen LogP contribution in [-0.2, 0) is 6.54 Å². The van der Waals surface area contributed by atoms with Crippen LogP contribution in [0.25, 0.3) is 0 Å². The molecule has 0 bridgehead atoms. The zero-order valence-electron chi connectivity index (χ0n) is 4.67. The summed E-state index contributed by atoms with van der Waals surface area (Å²) in [5.74, 6) is 0. The molecular formula is C7H11N. The van der Waals surface area contributed by atoms with Crippen molar-refractivity contribution in [3.8, 4) is 0 Å². The summed E-state index contributed by atoms with van der Waals surface area (Å²) in [5, 5.41) is 0. The van der Waals surface area contributed by atoms with Gasteiger partial charge in [0.1, 0.15) is 0 Å². The standard InChI is InChI=1S/C7H9N.H2/c8-6-7-4-2-1-3-5-7;/h1-5H,6,8H2;1H. The van der Waals surface area contributed by atoms with Crippen LogP contribution in [-0.4, -0.2) is 0 Å². The van der Waals surface area contributed by atoms with Gasteiger partial charge in [-0.1, -0.05) is 30.3 Å². The van der Waals surface area contributed by atoms with Gasteiger partial charge in [-0.15, -0.1) is 0 Å². The zero-order valence-corrected chi connectivity index (χ0v) is 4.67. The number of hydrogen-bond acceptors (Lipinski definition) is 1. The maximum atomic E-state index is 5.35. The summed E-state index contributed by atoms with van der Waals surface area (Å²) in [6.07, 6.45) is 0. The summed E-state index contributed by atoms with van der Waals surface area (Å²) in [6, 6.07) is 9.99. The van der Waals surface area contributed by atoms with Crippen LogP contribution in [0.3, 0.4) is 0 Å². The van der Waals surface area contributed by atoms with Gasteiger partial charge < -0.3 is 5.73 Å². The first-order chi connectivity index (χ1) is 3.93. The van der Waals surface area contributed by atoms with Gasteiger partial charge in [-0.3, -0.25) is 0 Å². The van der Waals surface area contributed by atoms with E-state index in [0.29, 0.717) is 6.54 Å². The predicted molar refractivity (Wildman–Crippen MR) is 36.4 cm³/mol. The topological polar surface area (TPSA) is 26.0 Å². The van der Waals surface area contributed by atoms with Crippen molar-refractivity contribution in [2.45, 2.75) is 6.54 Å². The van der Waals surface area contributed by atoms with Gasteiger partial charge in [0.2, 0.25) is 0 Å². The van der Waals surface area contributed by atoms with E-state index in [4.69, 9.17) is 5.73 Å². The summed E-state index contributed by atoms with van der Waals surface area (Å²) in [4.78, 5) is 0. The molecule has 1 heteroatoms. The lowest BCUT2D eigenvalue weighted by Crippen LogP contribution is -1.94. The highest BCUT2D eigenvalue weighted by molar-refractivity contribution is 5.13. The molecule has 0 saturated heterocycles. The van der Waals surface area contributed by atoms with Crippen molar-refractivity contribution in [3.63, 3.8) is 0 Å². The Morgan fingerprint density at radius 2 is 1.88 bits per heavy atom. The van der Waals surface area contributed by atoms with E-state index in [2.05, 4.69) is 0 Å². The molecule has 1 aromatic carbocycles. The average molecular weight is 109 g/mol. The van der Waals surface area contributed by atoms with Crippen molar-refractivity contribution >= 4 is 0 Å². The second kappa shape index (κ2) is 2.48. The van der Waals surface area contributed by atoms with Crippen LogP contribution in [0, 0.1) is 0 Å². The van der Waals surface area contributed by atoms with E-state index in [9.17, 15) is 0 Å². The number of hydrogen-bond donors (Lipinski definition) is 1. The summed E-state index contributed by atoms with van der Waals surface area (Å²) in [7, 11) is 0. The molecule has 0 radical (unpaired) electrons. The Morgan fingerprint density at radius 1 is 1.25 bits per heavy atom. The van der Waals surface area contributed by atoms with Gasteiger partial charge >= 0.3 is 0 Å². The Hall–Kier alpha value is -0.820. The third-order valence-electron chi connectivity index (χ3n) is 1.08. The molecule has 0 heterocycles. The van der Waals surface area contributed by atoms with Crippen LogP contribution in [0.2, 0.25) is 0 Å². The zero-order chi connectivity index (χ0) is 5.82. The number of benzene rings is 1. The molecule has 0 spiro atoms. The molecule has 0 aliphatic carbocycles. The first-order valence-corrected chi connectivity index (χ1v) is 2.67. The van der Waals surface area contributed by atoms with Gasteiger partial charge in [0.25, 0.3) is 0 Å². The SMILES string of the molecule is NCc1ccccc1.[HH]. The molecule has 0 amide bonds. The van der Waals surface area contributed by atoms with Crippen molar-refractivity contribution in [2.75, 3.05) is 0 Å². The third-order valence-corrected chi connectivity index (χ3v) is 1.08. The molecule has 0 fully saturated rings. The van der Waals surface area contributed by atoms with Gasteiger partial charge in [-0.05, 0) is 5.56 Å². The van der Waals surface area contributed by atoms with Crippen molar-refractivity contribution in [2.24, 2.45) is 5.73 Å². The Labute approximate surface area is 50.6 Å². The first kappa shape index (κ1) is 5.32. The molecule has 0 aromatic heterocycles. The molecule has 0 saturated carbocycles. The van der Waals surface area contributed by atoms with E-state index in [0.717, 1.165) is 0 Å². The molecule has 1 aromatic rings. The van der Waals surface area contributed by atoms with Crippen LogP contribution >= 0.6 is 0 Å². The second-order valence-electron chi connectivity index (χ2n) is 1.69. The summed E-state index contributed by atoms with van der Waals surface area (Å²) in [6.45, 7) is 0.640. The molecule has 0 aliphatic heterocycles. The molecule has 8 heavy (non-hydrogen) atoms. The fraction of sp³-hybridized carbons (Fsp3) is 0.143. The predicted octanol–water partition coefficient (Wildman–Crippen LogP) is 1.39. The Kier molecular flexibility index (Phi) is 1.65. The van der Waals surface area contributed by atoms with Gasteiger partial charge in [-0.25, -0.2) is 0 Å². The van der Waals surface area contributed by atoms with Crippen molar-refractivity contribution in [1.29, 1.82) is 0 Å². The largest absolute Gasteiger partial charge is 0.326 e. The van der Waals surface area contributed by atoms with E-state index in [1.807, 2.05) is 30.3 Å². The minimum Gasteiger partial charge on any atom is -0.326 e. The molecule has 1 nitrogen and oxygen atoms in total. The lowest BCUT2D eigenvalue weighted by molar-refractivity contribution is 1.07. The van der Waals surface area contributed by atoms with Gasteiger partial charge in [0.15, 0.2) is 0 Å². The molecular weight excluding hydrogens is 98.1 g/mol. The first-order valence-electron chi connectivity index (χ1n) is 2.67. The Balaban J connectivity index is 0.000000640. The monoisotopic (exact) mass is 109 g/mol. The molecule has 2 N–H and O–H groups in total. The quantitative estimate of drug-likeness (QED) is 0.579. The van der Waals surface area contributed by atoms with Crippen LogP contribution in [0.4, 0.5) is 0 Å². The van der Waals surface area contributed by atoms with Crippen LogP contribution in [0.1, 0.15) is 6.99 Å². The van der Waals surface area contributed by atoms with Gasteiger partial charge in [0.05, 0.1) is 0 Å². The fourth-order valence-electron chi connectivity index (χ4n) is 0.614. The molecule has 0 aliphatic rings. The van der Waals surface area contributed by atoms with E-state index in [-0.39, 0.29) is 1.43 Å². The number of rotatable bonds is 1. The van der Waals surface area contributed by atoms with E-state index >= 15 is 0 Å². The molecule has 1 rings (SSSR count). The highest BCUT2D eigenvalue weighted by atomic mass is 14.5. The minimum atomic E-state index is 0.